The Hall–Kier alpha value is -3.14. The predicted molar refractivity (Wildman–Crippen MR) is 85.6 cm³/mol. The molecule has 24 heavy (non-hydrogen) atoms. The van der Waals surface area contributed by atoms with E-state index in [0.717, 1.165) is 34.2 Å². The number of amides is 1. The molecule has 0 aliphatic carbocycles. The molecule has 0 saturated carbocycles. The summed E-state index contributed by atoms with van der Waals surface area (Å²) in [5.41, 5.74) is -0.302. The summed E-state index contributed by atoms with van der Waals surface area (Å²) in [6.07, 6.45) is 0.996. The smallest absolute Gasteiger partial charge is 0.285 e. The van der Waals surface area contributed by atoms with Crippen molar-refractivity contribution in [1.82, 2.24) is 9.55 Å². The van der Waals surface area contributed by atoms with E-state index in [4.69, 9.17) is 0 Å². The fraction of sp³-hybridized carbons (Fsp3) is 0.0714. The third-order valence-corrected chi connectivity index (χ3v) is 4.02. The quantitative estimate of drug-likeness (QED) is 0.574. The Morgan fingerprint density at radius 3 is 2.92 bits per heavy atom. The highest BCUT2D eigenvalue weighted by Gasteiger charge is 2.12. The summed E-state index contributed by atoms with van der Waals surface area (Å²) in [4.78, 5) is 37.9. The van der Waals surface area contributed by atoms with Crippen LogP contribution in [0.2, 0.25) is 0 Å². The minimum absolute atomic E-state index is 0.249. The molecule has 0 aliphatic heterocycles. The zero-order valence-corrected chi connectivity index (χ0v) is 12.7. The third kappa shape index (κ3) is 3.27. The average Bonchev–Trinajstić information content (AvgIpc) is 2.90. The minimum Gasteiger partial charge on any atom is -0.300 e. The number of fused-ring (bicyclic) bond motifs is 1. The van der Waals surface area contributed by atoms with Crippen LogP contribution >= 0.6 is 11.3 Å². The molecule has 8 nitrogen and oxygen atoms in total. The second-order valence-corrected chi connectivity index (χ2v) is 5.82. The first-order valence-corrected chi connectivity index (χ1v) is 7.45. The molecule has 3 rings (SSSR count). The lowest BCUT2D eigenvalue weighted by Crippen LogP contribution is -2.26. The summed E-state index contributed by atoms with van der Waals surface area (Å²) in [6, 6.07) is 6.14. The van der Waals surface area contributed by atoms with E-state index in [1.54, 1.807) is 0 Å². The van der Waals surface area contributed by atoms with Crippen molar-refractivity contribution in [2.24, 2.45) is 0 Å². The molecule has 0 atom stereocenters. The van der Waals surface area contributed by atoms with Crippen LogP contribution in [0.3, 0.4) is 0 Å². The van der Waals surface area contributed by atoms with Crippen molar-refractivity contribution in [3.05, 3.63) is 62.8 Å². The maximum atomic E-state index is 13.1. The van der Waals surface area contributed by atoms with Crippen molar-refractivity contribution in [3.63, 3.8) is 0 Å². The van der Waals surface area contributed by atoms with Gasteiger partial charge in [-0.2, -0.15) is 0 Å². The van der Waals surface area contributed by atoms with E-state index in [0.29, 0.717) is 10.2 Å². The topological polar surface area (TPSA) is 107 Å². The van der Waals surface area contributed by atoms with E-state index >= 15 is 0 Å². The molecule has 0 aliphatic rings. The highest BCUT2D eigenvalue weighted by molar-refractivity contribution is 7.22. The van der Waals surface area contributed by atoms with E-state index in [2.05, 4.69) is 10.3 Å². The average molecular weight is 348 g/mol. The van der Waals surface area contributed by atoms with Gasteiger partial charge in [0.1, 0.15) is 12.4 Å². The van der Waals surface area contributed by atoms with Crippen LogP contribution in [0.15, 0.2) is 41.3 Å². The van der Waals surface area contributed by atoms with Crippen molar-refractivity contribution in [2.75, 3.05) is 5.32 Å². The molecule has 0 fully saturated rings. The van der Waals surface area contributed by atoms with Crippen molar-refractivity contribution in [1.29, 1.82) is 0 Å². The Bertz CT molecular complexity index is 1010. The molecule has 0 saturated heterocycles. The zero-order valence-electron chi connectivity index (χ0n) is 11.9. The van der Waals surface area contributed by atoms with Crippen LogP contribution in [-0.2, 0) is 11.3 Å². The Balaban J connectivity index is 1.78. The summed E-state index contributed by atoms with van der Waals surface area (Å²) < 4.78 is 14.6. The van der Waals surface area contributed by atoms with Gasteiger partial charge >= 0.3 is 0 Å². The van der Waals surface area contributed by atoms with E-state index < -0.39 is 28.8 Å². The van der Waals surface area contributed by atoms with Gasteiger partial charge in [0.2, 0.25) is 5.91 Å². The number of anilines is 1. The highest BCUT2D eigenvalue weighted by atomic mass is 32.1. The lowest BCUT2D eigenvalue weighted by Gasteiger charge is -2.04. The number of carbonyl (C=O) groups is 1. The first-order chi connectivity index (χ1) is 11.4. The van der Waals surface area contributed by atoms with E-state index in [-0.39, 0.29) is 10.8 Å². The van der Waals surface area contributed by atoms with Crippen molar-refractivity contribution in [2.45, 2.75) is 6.54 Å². The number of aromatic nitrogens is 2. The number of pyridine rings is 1. The number of halogens is 1. The summed E-state index contributed by atoms with van der Waals surface area (Å²) >= 11 is 1.08. The molecular formula is C14H9FN4O4S. The van der Waals surface area contributed by atoms with Gasteiger partial charge in [-0.1, -0.05) is 11.3 Å². The minimum atomic E-state index is -0.657. The second kappa shape index (κ2) is 6.16. The highest BCUT2D eigenvalue weighted by Crippen LogP contribution is 2.26. The molecule has 0 radical (unpaired) electrons. The molecule has 0 spiro atoms. The largest absolute Gasteiger partial charge is 0.300 e. The van der Waals surface area contributed by atoms with Crippen LogP contribution in [0.4, 0.5) is 15.2 Å². The van der Waals surface area contributed by atoms with Crippen LogP contribution in [0.1, 0.15) is 0 Å². The van der Waals surface area contributed by atoms with Crippen LogP contribution < -0.4 is 10.9 Å². The Morgan fingerprint density at radius 2 is 2.17 bits per heavy atom. The molecule has 2 aromatic heterocycles. The number of nitro groups is 1. The lowest BCUT2D eigenvalue weighted by molar-refractivity contribution is -0.385. The lowest BCUT2D eigenvalue weighted by atomic mass is 10.3. The number of hydrogen-bond donors (Lipinski definition) is 1. The number of nitrogens with one attached hydrogen (secondary N) is 1. The zero-order chi connectivity index (χ0) is 17.3. The van der Waals surface area contributed by atoms with Gasteiger partial charge in [0, 0.05) is 12.1 Å². The number of benzene rings is 1. The van der Waals surface area contributed by atoms with Gasteiger partial charge in [0.05, 0.1) is 21.3 Å². The summed E-state index contributed by atoms with van der Waals surface area (Å²) in [5, 5.41) is 13.5. The van der Waals surface area contributed by atoms with Gasteiger partial charge in [0.25, 0.3) is 11.2 Å². The van der Waals surface area contributed by atoms with E-state index in [1.807, 2.05) is 0 Å². The Morgan fingerprint density at radius 1 is 1.38 bits per heavy atom. The van der Waals surface area contributed by atoms with E-state index in [9.17, 15) is 24.1 Å². The van der Waals surface area contributed by atoms with Crippen LogP contribution in [0.5, 0.6) is 0 Å². The maximum absolute atomic E-state index is 13.1. The van der Waals surface area contributed by atoms with Crippen LogP contribution in [-0.4, -0.2) is 20.4 Å². The maximum Gasteiger partial charge on any atom is 0.285 e. The molecule has 1 amide bonds. The standard InChI is InChI=1S/C14H9FN4O4S/c15-8-1-3-10-11(5-8)24-14(16-10)17-12(20)7-18-6-9(19(22)23)2-4-13(18)21/h1-6H,7H2,(H,16,17,20). The third-order valence-electron chi connectivity index (χ3n) is 3.09. The second-order valence-electron chi connectivity index (χ2n) is 4.79. The van der Waals surface area contributed by atoms with Crippen LogP contribution in [0, 0.1) is 15.9 Å². The fourth-order valence-electron chi connectivity index (χ4n) is 2.02. The van der Waals surface area contributed by atoms with Crippen molar-refractivity contribution < 1.29 is 14.1 Å². The SMILES string of the molecule is O=C(Cn1cc([N+](=O)[O-])ccc1=O)Nc1nc2ccc(F)cc2s1. The van der Waals surface area contributed by atoms with Gasteiger partial charge < -0.3 is 5.32 Å². The summed E-state index contributed by atoms with van der Waals surface area (Å²) in [7, 11) is 0. The van der Waals surface area contributed by atoms with Gasteiger partial charge in [0.15, 0.2) is 5.13 Å². The number of thiazole rings is 1. The van der Waals surface area contributed by atoms with Crippen LogP contribution in [0.25, 0.3) is 10.2 Å². The summed E-state index contributed by atoms with van der Waals surface area (Å²) in [5.74, 6) is -0.982. The molecule has 0 unspecified atom stereocenters. The first kappa shape index (κ1) is 15.7. The monoisotopic (exact) mass is 348 g/mol. The normalized spacial score (nSPS) is 10.7. The molecule has 2 heterocycles. The number of hydrogen-bond acceptors (Lipinski definition) is 6. The Kier molecular flexibility index (Phi) is 4.04. The molecule has 0 bridgehead atoms. The van der Waals surface area contributed by atoms with Crippen molar-refractivity contribution in [3.8, 4) is 0 Å². The van der Waals surface area contributed by atoms with Gasteiger partial charge in [-0.3, -0.25) is 24.3 Å². The molecular weight excluding hydrogens is 339 g/mol. The molecule has 3 aromatic rings. The fourth-order valence-corrected chi connectivity index (χ4v) is 2.92. The molecule has 1 N–H and O–H groups in total. The Labute approximate surface area is 137 Å². The molecule has 122 valence electrons. The molecule has 10 heteroatoms. The number of rotatable bonds is 4. The van der Waals surface area contributed by atoms with Crippen molar-refractivity contribution >= 4 is 38.3 Å². The van der Waals surface area contributed by atoms with Gasteiger partial charge in [-0.15, -0.1) is 0 Å². The van der Waals surface area contributed by atoms with E-state index in [1.165, 1.54) is 18.2 Å². The number of nitrogens with zero attached hydrogens (tertiary/aromatic N) is 3. The molecule has 1 aromatic carbocycles. The summed E-state index contributed by atoms with van der Waals surface area (Å²) in [6.45, 7) is -0.398. The number of carbonyl (C=O) groups excluding carboxylic acids is 1. The first-order valence-electron chi connectivity index (χ1n) is 6.63. The van der Waals surface area contributed by atoms with Gasteiger partial charge in [-0.05, 0) is 18.2 Å². The van der Waals surface area contributed by atoms with Gasteiger partial charge in [-0.25, -0.2) is 9.37 Å². The predicted octanol–water partition coefficient (Wildman–Crippen LogP) is 2.14.